The number of fused-ring (bicyclic) bond motifs is 1. The second kappa shape index (κ2) is 7.30. The molecule has 146 valence electrons. The van der Waals surface area contributed by atoms with Crippen LogP contribution in [0.4, 0.5) is 13.2 Å². The Labute approximate surface area is 163 Å². The molecule has 4 nitrogen and oxygen atoms in total. The third kappa shape index (κ3) is 3.90. The van der Waals surface area contributed by atoms with Crippen molar-refractivity contribution in [3.8, 4) is 0 Å². The van der Waals surface area contributed by atoms with E-state index in [4.69, 9.17) is 0 Å². The first kappa shape index (κ1) is 19.9. The van der Waals surface area contributed by atoms with Crippen LogP contribution in [-0.4, -0.2) is 39.4 Å². The van der Waals surface area contributed by atoms with Crippen molar-refractivity contribution in [2.45, 2.75) is 57.9 Å². The van der Waals surface area contributed by atoms with E-state index < -0.39 is 17.5 Å². The van der Waals surface area contributed by atoms with Crippen molar-refractivity contribution >= 4 is 38.5 Å². The summed E-state index contributed by atoms with van der Waals surface area (Å²) in [7, 11) is 0. The van der Waals surface area contributed by atoms with E-state index in [-0.39, 0.29) is 29.9 Å². The molecule has 2 aromatic rings. The van der Waals surface area contributed by atoms with Gasteiger partial charge in [0, 0.05) is 33.7 Å². The van der Waals surface area contributed by atoms with Gasteiger partial charge in [0.1, 0.15) is 6.54 Å². The number of hydrogen-bond donors (Lipinski definition) is 0. The summed E-state index contributed by atoms with van der Waals surface area (Å²) in [4.78, 5) is 26.5. The molecule has 1 aromatic carbocycles. The highest BCUT2D eigenvalue weighted by Gasteiger charge is 2.41. The van der Waals surface area contributed by atoms with E-state index in [1.807, 2.05) is 13.8 Å². The van der Waals surface area contributed by atoms with E-state index in [1.54, 1.807) is 17.0 Å². The molecule has 0 spiro atoms. The smallest absolute Gasteiger partial charge is 0.337 e. The maximum atomic E-state index is 13.0. The van der Waals surface area contributed by atoms with E-state index in [9.17, 15) is 22.8 Å². The van der Waals surface area contributed by atoms with E-state index >= 15 is 0 Å². The van der Waals surface area contributed by atoms with Gasteiger partial charge in [-0.3, -0.25) is 9.59 Å². The molecule has 0 radical (unpaired) electrons. The van der Waals surface area contributed by atoms with Crippen LogP contribution in [-0.2, 0) is 11.3 Å². The molecule has 27 heavy (non-hydrogen) atoms. The minimum atomic E-state index is -4.97. The van der Waals surface area contributed by atoms with Gasteiger partial charge in [-0.2, -0.15) is 13.2 Å². The topological polar surface area (TPSA) is 42.3 Å². The number of piperidine rings is 1. The van der Waals surface area contributed by atoms with Crippen molar-refractivity contribution in [2.75, 3.05) is 0 Å². The summed E-state index contributed by atoms with van der Waals surface area (Å²) in [5, 5.41) is 0.180. The van der Waals surface area contributed by atoms with Crippen LogP contribution in [0.3, 0.4) is 0 Å². The molecule has 1 amide bonds. The summed E-state index contributed by atoms with van der Waals surface area (Å²) in [6.07, 6.45) is -0.956. The first-order valence-electron chi connectivity index (χ1n) is 8.80. The quantitative estimate of drug-likeness (QED) is 0.629. The number of hydrogen-bond acceptors (Lipinski definition) is 2. The van der Waals surface area contributed by atoms with E-state index in [0.29, 0.717) is 9.99 Å². The van der Waals surface area contributed by atoms with Gasteiger partial charge in [-0.25, -0.2) is 0 Å². The van der Waals surface area contributed by atoms with Crippen molar-refractivity contribution in [1.29, 1.82) is 0 Å². The second-order valence-corrected chi connectivity index (χ2v) is 8.00. The van der Waals surface area contributed by atoms with Crippen molar-refractivity contribution in [2.24, 2.45) is 0 Å². The average molecular weight is 445 g/mol. The molecule has 1 fully saturated rings. The number of rotatable bonds is 3. The SMILES string of the molecule is C[C@@H]1CCC[C@@H](C)N1C(=O)Cn1cc(C(=O)C(F)(F)F)c2cc(Br)ccc21. The summed E-state index contributed by atoms with van der Waals surface area (Å²) in [6.45, 7) is 3.87. The van der Waals surface area contributed by atoms with E-state index in [1.165, 1.54) is 10.6 Å². The van der Waals surface area contributed by atoms with Crippen LogP contribution < -0.4 is 0 Å². The lowest BCUT2D eigenvalue weighted by Crippen LogP contribution is -2.48. The predicted molar refractivity (Wildman–Crippen MR) is 99.6 cm³/mol. The summed E-state index contributed by atoms with van der Waals surface area (Å²) in [5.74, 6) is -2.06. The summed E-state index contributed by atoms with van der Waals surface area (Å²) < 4.78 is 41.0. The molecule has 0 unspecified atom stereocenters. The Hall–Kier alpha value is -1.83. The number of halogens is 4. The molecular formula is C19H20BrF3N2O2. The first-order chi connectivity index (χ1) is 12.6. The van der Waals surface area contributed by atoms with Gasteiger partial charge in [0.25, 0.3) is 5.78 Å². The standard InChI is InChI=1S/C19H20BrF3N2O2/c1-11-4-3-5-12(2)25(11)17(26)10-24-9-15(18(27)19(21,22)23)14-8-13(20)6-7-16(14)24/h6-9,11-12H,3-5,10H2,1-2H3/t11-,12-/m1/s1. The first-order valence-corrected chi connectivity index (χ1v) is 9.60. The van der Waals surface area contributed by atoms with Crippen molar-refractivity contribution < 1.29 is 22.8 Å². The Kier molecular flexibility index (Phi) is 5.38. The Morgan fingerprint density at radius 2 is 1.81 bits per heavy atom. The highest BCUT2D eigenvalue weighted by atomic mass is 79.9. The Balaban J connectivity index is 2.00. The molecule has 1 aliphatic rings. The highest BCUT2D eigenvalue weighted by Crippen LogP contribution is 2.31. The molecule has 2 heterocycles. The van der Waals surface area contributed by atoms with Gasteiger partial charge in [-0.1, -0.05) is 15.9 Å². The summed E-state index contributed by atoms with van der Waals surface area (Å²) in [5.41, 5.74) is -0.0113. The third-order valence-electron chi connectivity index (χ3n) is 5.13. The molecule has 0 saturated carbocycles. The monoisotopic (exact) mass is 444 g/mol. The van der Waals surface area contributed by atoms with Crippen LogP contribution in [0.2, 0.25) is 0 Å². The molecule has 8 heteroatoms. The fraction of sp³-hybridized carbons (Fsp3) is 0.474. The molecule has 1 aliphatic heterocycles. The lowest BCUT2D eigenvalue weighted by molar-refractivity contribution is -0.137. The molecule has 1 aromatic heterocycles. The van der Waals surface area contributed by atoms with Crippen LogP contribution in [0.15, 0.2) is 28.9 Å². The number of amides is 1. The largest absolute Gasteiger partial charge is 0.454 e. The van der Waals surface area contributed by atoms with Crippen LogP contribution in [0.1, 0.15) is 43.5 Å². The molecule has 0 bridgehead atoms. The number of benzene rings is 1. The van der Waals surface area contributed by atoms with Gasteiger partial charge in [0.2, 0.25) is 5.91 Å². The van der Waals surface area contributed by atoms with Gasteiger partial charge in [-0.05, 0) is 51.3 Å². The van der Waals surface area contributed by atoms with E-state index in [2.05, 4.69) is 15.9 Å². The Morgan fingerprint density at radius 3 is 2.41 bits per heavy atom. The molecule has 3 rings (SSSR count). The molecule has 2 atom stereocenters. The molecule has 0 aliphatic carbocycles. The normalized spacial score (nSPS) is 20.9. The average Bonchev–Trinajstić information content (AvgIpc) is 2.90. The molecule has 0 N–H and O–H groups in total. The number of Topliss-reactive ketones (excluding diaryl/α,β-unsaturated/α-hetero) is 1. The van der Waals surface area contributed by atoms with Gasteiger partial charge in [-0.15, -0.1) is 0 Å². The summed E-state index contributed by atoms with van der Waals surface area (Å²) in [6, 6.07) is 4.95. The maximum Gasteiger partial charge on any atom is 0.454 e. The zero-order valence-electron chi connectivity index (χ0n) is 15.0. The Morgan fingerprint density at radius 1 is 1.19 bits per heavy atom. The number of ketones is 1. The summed E-state index contributed by atoms with van der Waals surface area (Å²) >= 11 is 3.23. The van der Waals surface area contributed by atoms with Crippen molar-refractivity contribution in [3.05, 3.63) is 34.4 Å². The molecular weight excluding hydrogens is 425 g/mol. The number of carbonyl (C=O) groups excluding carboxylic acids is 2. The van der Waals surface area contributed by atoms with Crippen LogP contribution in [0.5, 0.6) is 0 Å². The van der Waals surface area contributed by atoms with Crippen molar-refractivity contribution in [3.63, 3.8) is 0 Å². The number of likely N-dealkylation sites (tertiary alicyclic amines) is 1. The maximum absolute atomic E-state index is 13.0. The number of nitrogens with zero attached hydrogens (tertiary/aromatic N) is 2. The lowest BCUT2D eigenvalue weighted by atomic mass is 9.97. The lowest BCUT2D eigenvalue weighted by Gasteiger charge is -2.39. The van der Waals surface area contributed by atoms with Crippen LogP contribution >= 0.6 is 15.9 Å². The second-order valence-electron chi connectivity index (χ2n) is 7.09. The van der Waals surface area contributed by atoms with Gasteiger partial charge >= 0.3 is 6.18 Å². The zero-order valence-corrected chi connectivity index (χ0v) is 16.6. The van der Waals surface area contributed by atoms with E-state index in [0.717, 1.165) is 25.5 Å². The van der Waals surface area contributed by atoms with Crippen LogP contribution in [0, 0.1) is 0 Å². The number of aromatic nitrogens is 1. The molecule has 1 saturated heterocycles. The highest BCUT2D eigenvalue weighted by molar-refractivity contribution is 9.10. The predicted octanol–water partition coefficient (Wildman–Crippen LogP) is 4.94. The fourth-order valence-electron chi connectivity index (χ4n) is 3.87. The number of alkyl halides is 3. The van der Waals surface area contributed by atoms with Gasteiger partial charge in [0.15, 0.2) is 0 Å². The zero-order chi connectivity index (χ0) is 19.9. The third-order valence-corrected chi connectivity index (χ3v) is 5.63. The van der Waals surface area contributed by atoms with Crippen LogP contribution in [0.25, 0.3) is 10.9 Å². The number of carbonyl (C=O) groups is 2. The minimum Gasteiger partial charge on any atom is -0.337 e. The van der Waals surface area contributed by atoms with Gasteiger partial charge < -0.3 is 9.47 Å². The minimum absolute atomic E-state index is 0.0912. The van der Waals surface area contributed by atoms with Gasteiger partial charge in [0.05, 0.1) is 5.56 Å². The fourth-order valence-corrected chi connectivity index (χ4v) is 4.24. The van der Waals surface area contributed by atoms with Crippen molar-refractivity contribution in [1.82, 2.24) is 9.47 Å². The Bertz CT molecular complexity index is 881.